The van der Waals surface area contributed by atoms with Crippen LogP contribution in [0.25, 0.3) is 0 Å². The molecule has 1 aliphatic heterocycles. The van der Waals surface area contributed by atoms with E-state index in [1.807, 2.05) is 13.1 Å². The number of carbonyl (C=O) groups excluding carboxylic acids is 1. The average molecular weight is 308 g/mol. The quantitative estimate of drug-likeness (QED) is 0.847. The van der Waals surface area contributed by atoms with Crippen LogP contribution in [0.3, 0.4) is 0 Å². The molecule has 1 fully saturated rings. The molecule has 0 bridgehead atoms. The van der Waals surface area contributed by atoms with E-state index in [1.54, 1.807) is 17.0 Å². The van der Waals surface area contributed by atoms with E-state index in [1.165, 1.54) is 23.4 Å². The summed E-state index contributed by atoms with van der Waals surface area (Å²) in [6.45, 7) is 1.27. The largest absolute Gasteiger partial charge is 0.341 e. The molecular formula is C15H20N2O3S. The van der Waals surface area contributed by atoms with Gasteiger partial charge in [-0.1, -0.05) is 0 Å². The minimum atomic E-state index is -3.24. The molecule has 3 rings (SSSR count). The minimum absolute atomic E-state index is 0.0162. The van der Waals surface area contributed by atoms with Crippen LogP contribution in [0.4, 0.5) is 5.69 Å². The molecule has 114 valence electrons. The zero-order chi connectivity index (χ0) is 15.2. The fourth-order valence-electron chi connectivity index (χ4n) is 2.84. The first-order chi connectivity index (χ1) is 9.86. The third-order valence-electron chi connectivity index (χ3n) is 4.16. The van der Waals surface area contributed by atoms with Crippen molar-refractivity contribution in [3.8, 4) is 0 Å². The molecule has 0 unspecified atom stereocenters. The van der Waals surface area contributed by atoms with E-state index in [2.05, 4.69) is 0 Å². The smallest absolute Gasteiger partial charge is 0.253 e. The third kappa shape index (κ3) is 2.90. The Hall–Kier alpha value is -1.56. The van der Waals surface area contributed by atoms with Gasteiger partial charge in [0.15, 0.2) is 0 Å². The second-order valence-electron chi connectivity index (χ2n) is 6.06. The highest BCUT2D eigenvalue weighted by Gasteiger charge is 2.28. The van der Waals surface area contributed by atoms with E-state index < -0.39 is 10.0 Å². The van der Waals surface area contributed by atoms with Gasteiger partial charge in [-0.25, -0.2) is 8.42 Å². The molecule has 0 spiro atoms. The van der Waals surface area contributed by atoms with Gasteiger partial charge in [-0.15, -0.1) is 0 Å². The predicted octanol–water partition coefficient (Wildman–Crippen LogP) is 1.49. The molecule has 1 amide bonds. The van der Waals surface area contributed by atoms with Gasteiger partial charge < -0.3 is 4.90 Å². The Labute approximate surface area is 125 Å². The lowest BCUT2D eigenvalue weighted by Gasteiger charge is -2.19. The van der Waals surface area contributed by atoms with Gasteiger partial charge in [0.25, 0.3) is 5.91 Å². The van der Waals surface area contributed by atoms with Crippen LogP contribution in [0.5, 0.6) is 0 Å². The Morgan fingerprint density at radius 1 is 1.38 bits per heavy atom. The Balaban J connectivity index is 1.82. The maximum atomic E-state index is 12.4. The fourth-order valence-corrected chi connectivity index (χ4v) is 3.80. The van der Waals surface area contributed by atoms with Gasteiger partial charge in [-0.2, -0.15) is 0 Å². The van der Waals surface area contributed by atoms with E-state index in [9.17, 15) is 13.2 Å². The summed E-state index contributed by atoms with van der Waals surface area (Å²) < 4.78 is 24.8. The maximum absolute atomic E-state index is 12.4. The van der Waals surface area contributed by atoms with Gasteiger partial charge in [0, 0.05) is 25.7 Å². The number of amides is 1. The van der Waals surface area contributed by atoms with Crippen molar-refractivity contribution < 1.29 is 13.2 Å². The van der Waals surface area contributed by atoms with Crippen molar-refractivity contribution in [3.63, 3.8) is 0 Å². The van der Waals surface area contributed by atoms with E-state index in [4.69, 9.17) is 0 Å². The minimum Gasteiger partial charge on any atom is -0.341 e. The topological polar surface area (TPSA) is 57.7 Å². The van der Waals surface area contributed by atoms with Crippen LogP contribution in [-0.2, 0) is 16.4 Å². The molecule has 0 aromatic heterocycles. The van der Waals surface area contributed by atoms with Gasteiger partial charge in [-0.05, 0) is 48.9 Å². The molecule has 5 nitrogen and oxygen atoms in total. The number of rotatable bonds is 4. The number of benzene rings is 1. The highest BCUT2D eigenvalue weighted by molar-refractivity contribution is 7.92. The zero-order valence-electron chi connectivity index (χ0n) is 12.4. The summed E-state index contributed by atoms with van der Waals surface area (Å²) in [5.41, 5.74) is 2.29. The van der Waals surface area contributed by atoms with Crippen LogP contribution in [0, 0.1) is 5.92 Å². The van der Waals surface area contributed by atoms with Crippen molar-refractivity contribution in [1.82, 2.24) is 4.90 Å². The number of hydrogen-bond donors (Lipinski definition) is 0. The van der Waals surface area contributed by atoms with Crippen molar-refractivity contribution in [1.29, 1.82) is 0 Å². The van der Waals surface area contributed by atoms with Crippen LogP contribution in [0.2, 0.25) is 0 Å². The summed E-state index contributed by atoms with van der Waals surface area (Å²) in [4.78, 5) is 14.1. The molecule has 1 aromatic carbocycles. The number of hydrogen-bond acceptors (Lipinski definition) is 3. The first-order valence-corrected chi connectivity index (χ1v) is 9.07. The Bertz CT molecular complexity index is 680. The van der Waals surface area contributed by atoms with Gasteiger partial charge in [0.1, 0.15) is 0 Å². The summed E-state index contributed by atoms with van der Waals surface area (Å²) in [5, 5.41) is 0. The fraction of sp³-hybridized carbons (Fsp3) is 0.533. The Kier molecular flexibility index (Phi) is 3.43. The Morgan fingerprint density at radius 2 is 2.10 bits per heavy atom. The number of fused-ring (bicyclic) bond motifs is 1. The molecule has 21 heavy (non-hydrogen) atoms. The normalized spacial score (nSPS) is 17.7. The zero-order valence-corrected chi connectivity index (χ0v) is 13.2. The molecule has 1 saturated carbocycles. The molecule has 0 saturated heterocycles. The lowest BCUT2D eigenvalue weighted by Crippen LogP contribution is -2.29. The van der Waals surface area contributed by atoms with Crippen LogP contribution in [0.15, 0.2) is 18.2 Å². The second kappa shape index (κ2) is 5.02. The van der Waals surface area contributed by atoms with Gasteiger partial charge >= 0.3 is 0 Å². The number of sulfonamides is 1. The summed E-state index contributed by atoms with van der Waals surface area (Å²) in [7, 11) is -1.40. The van der Waals surface area contributed by atoms with E-state index in [0.29, 0.717) is 30.1 Å². The number of carbonyl (C=O) groups is 1. The first kappa shape index (κ1) is 14.4. The number of anilines is 1. The molecule has 0 atom stereocenters. The summed E-state index contributed by atoms with van der Waals surface area (Å²) in [6.07, 6.45) is 4.30. The van der Waals surface area contributed by atoms with Crippen LogP contribution >= 0.6 is 0 Å². The molecule has 6 heteroatoms. The van der Waals surface area contributed by atoms with E-state index >= 15 is 0 Å². The molecule has 0 N–H and O–H groups in total. The first-order valence-electron chi connectivity index (χ1n) is 7.22. The van der Waals surface area contributed by atoms with Crippen molar-refractivity contribution in [3.05, 3.63) is 29.3 Å². The lowest BCUT2D eigenvalue weighted by molar-refractivity contribution is 0.0788. The maximum Gasteiger partial charge on any atom is 0.253 e. The Morgan fingerprint density at radius 3 is 2.71 bits per heavy atom. The van der Waals surface area contributed by atoms with E-state index in [-0.39, 0.29) is 5.91 Å². The number of nitrogens with zero attached hydrogens (tertiary/aromatic N) is 2. The summed E-state index contributed by atoms with van der Waals surface area (Å²) in [5.74, 6) is 0.677. The lowest BCUT2D eigenvalue weighted by atomic mass is 10.1. The monoisotopic (exact) mass is 308 g/mol. The average Bonchev–Trinajstić information content (AvgIpc) is 3.11. The van der Waals surface area contributed by atoms with Gasteiger partial charge in [0.05, 0.1) is 11.9 Å². The molecule has 1 aliphatic carbocycles. The van der Waals surface area contributed by atoms with Gasteiger partial charge in [-0.3, -0.25) is 9.10 Å². The molecule has 0 radical (unpaired) electrons. The SMILES string of the molecule is CN(CC1CC1)C(=O)c1ccc2c(c1)CCN2S(C)(=O)=O. The molecule has 2 aliphatic rings. The standard InChI is InChI=1S/C15H20N2O3S/c1-16(10-11-3-4-11)15(18)13-5-6-14-12(9-13)7-8-17(14)21(2,19)20/h5-6,9,11H,3-4,7-8,10H2,1-2H3. The molecule has 1 aromatic rings. The highest BCUT2D eigenvalue weighted by Crippen LogP contribution is 2.32. The second-order valence-corrected chi connectivity index (χ2v) is 7.96. The predicted molar refractivity (Wildman–Crippen MR) is 82.0 cm³/mol. The summed E-state index contributed by atoms with van der Waals surface area (Å²) in [6, 6.07) is 5.32. The van der Waals surface area contributed by atoms with Crippen LogP contribution in [-0.4, -0.2) is 45.6 Å². The molecular weight excluding hydrogens is 288 g/mol. The van der Waals surface area contributed by atoms with Crippen molar-refractivity contribution in [2.75, 3.05) is 30.7 Å². The summed E-state index contributed by atoms with van der Waals surface area (Å²) >= 11 is 0. The van der Waals surface area contributed by atoms with Crippen molar-refractivity contribution in [2.24, 2.45) is 5.92 Å². The van der Waals surface area contributed by atoms with Crippen LogP contribution < -0.4 is 4.31 Å². The van der Waals surface area contributed by atoms with E-state index in [0.717, 1.165) is 12.1 Å². The molecule has 1 heterocycles. The third-order valence-corrected chi connectivity index (χ3v) is 5.34. The van der Waals surface area contributed by atoms with Gasteiger partial charge in [0.2, 0.25) is 10.0 Å². The van der Waals surface area contributed by atoms with Crippen molar-refractivity contribution in [2.45, 2.75) is 19.3 Å². The van der Waals surface area contributed by atoms with Crippen molar-refractivity contribution >= 4 is 21.6 Å². The highest BCUT2D eigenvalue weighted by atomic mass is 32.2. The van der Waals surface area contributed by atoms with Crippen LogP contribution in [0.1, 0.15) is 28.8 Å².